The Morgan fingerprint density at radius 3 is 1.77 bits per heavy atom. The van der Waals surface area contributed by atoms with Crippen LogP contribution < -0.4 is 5.32 Å². The van der Waals surface area contributed by atoms with Gasteiger partial charge in [0.2, 0.25) is 0 Å². The van der Waals surface area contributed by atoms with Crippen LogP contribution in [-0.4, -0.2) is 6.04 Å². The number of nitrogens with one attached hydrogen (secondary N) is 1. The Labute approximate surface area is 134 Å². The fourth-order valence-electron chi connectivity index (χ4n) is 3.71. The van der Waals surface area contributed by atoms with Gasteiger partial charge in [-0.2, -0.15) is 0 Å². The third-order valence-electron chi connectivity index (χ3n) is 5.05. The molecule has 0 heterocycles. The zero-order chi connectivity index (χ0) is 15.2. The maximum Gasteiger partial charge on any atom is 0.0578 e. The summed E-state index contributed by atoms with van der Waals surface area (Å²) in [7, 11) is 0. The van der Waals surface area contributed by atoms with Gasteiger partial charge in [-0.15, -0.1) is 0 Å². The molecule has 0 radical (unpaired) electrons. The van der Waals surface area contributed by atoms with E-state index in [1.165, 1.54) is 43.2 Å². The van der Waals surface area contributed by atoms with Crippen molar-refractivity contribution < 1.29 is 0 Å². The molecule has 1 unspecified atom stereocenters. The van der Waals surface area contributed by atoms with Crippen molar-refractivity contribution in [3.63, 3.8) is 0 Å². The van der Waals surface area contributed by atoms with E-state index in [9.17, 15) is 0 Å². The van der Waals surface area contributed by atoms with Crippen LogP contribution in [0.15, 0.2) is 60.7 Å². The summed E-state index contributed by atoms with van der Waals surface area (Å²) in [5.41, 5.74) is 2.72. The first-order valence-electron chi connectivity index (χ1n) is 8.70. The predicted molar refractivity (Wildman–Crippen MR) is 93.9 cm³/mol. The minimum atomic E-state index is 0.291. The molecule has 1 aliphatic carbocycles. The molecule has 0 aliphatic heterocycles. The second-order valence-corrected chi connectivity index (χ2v) is 6.61. The summed E-state index contributed by atoms with van der Waals surface area (Å²) in [6, 6.07) is 22.5. The van der Waals surface area contributed by atoms with Gasteiger partial charge >= 0.3 is 0 Å². The van der Waals surface area contributed by atoms with Crippen LogP contribution in [0.5, 0.6) is 0 Å². The molecule has 1 nitrogen and oxygen atoms in total. The van der Waals surface area contributed by atoms with Crippen LogP contribution in [0.1, 0.15) is 56.2 Å². The van der Waals surface area contributed by atoms with E-state index in [1.54, 1.807) is 0 Å². The molecule has 0 saturated heterocycles. The molecule has 0 bridgehead atoms. The Balaban J connectivity index is 1.79. The van der Waals surface area contributed by atoms with Crippen LogP contribution in [-0.2, 0) is 0 Å². The minimum Gasteiger partial charge on any atom is -0.303 e. The summed E-state index contributed by atoms with van der Waals surface area (Å²) in [5, 5.41) is 3.92. The van der Waals surface area contributed by atoms with Crippen LogP contribution in [0.25, 0.3) is 0 Å². The first-order chi connectivity index (χ1) is 10.8. The van der Waals surface area contributed by atoms with Gasteiger partial charge < -0.3 is 5.32 Å². The van der Waals surface area contributed by atoms with Gasteiger partial charge in [0.15, 0.2) is 0 Å². The maximum absolute atomic E-state index is 3.92. The van der Waals surface area contributed by atoms with Gasteiger partial charge in [-0.05, 0) is 36.8 Å². The highest BCUT2D eigenvalue weighted by Gasteiger charge is 2.23. The molecule has 1 aliphatic rings. The third-order valence-corrected chi connectivity index (χ3v) is 5.05. The van der Waals surface area contributed by atoms with Gasteiger partial charge in [0.1, 0.15) is 0 Å². The molecular weight excluding hydrogens is 266 g/mol. The number of hydrogen-bond acceptors (Lipinski definition) is 1. The van der Waals surface area contributed by atoms with Gasteiger partial charge in [0, 0.05) is 6.04 Å². The molecule has 0 spiro atoms. The third kappa shape index (κ3) is 3.78. The fourth-order valence-corrected chi connectivity index (χ4v) is 3.71. The molecule has 116 valence electrons. The second-order valence-electron chi connectivity index (χ2n) is 6.61. The maximum atomic E-state index is 3.92. The first kappa shape index (κ1) is 15.3. The molecule has 1 atom stereocenters. The Bertz CT molecular complexity index is 503. The Morgan fingerprint density at radius 2 is 1.27 bits per heavy atom. The topological polar surface area (TPSA) is 12.0 Å². The molecular formula is C21H27N. The quantitative estimate of drug-likeness (QED) is 0.785. The number of hydrogen-bond donors (Lipinski definition) is 1. The largest absolute Gasteiger partial charge is 0.303 e. The van der Waals surface area contributed by atoms with E-state index in [0.29, 0.717) is 12.1 Å². The average Bonchev–Trinajstić information content (AvgIpc) is 2.62. The highest BCUT2D eigenvalue weighted by Crippen LogP contribution is 2.29. The Morgan fingerprint density at radius 1 is 0.773 bits per heavy atom. The van der Waals surface area contributed by atoms with Crippen molar-refractivity contribution in [1.82, 2.24) is 5.32 Å². The molecule has 0 aromatic heterocycles. The van der Waals surface area contributed by atoms with Crippen molar-refractivity contribution in [2.24, 2.45) is 5.92 Å². The molecule has 1 fully saturated rings. The van der Waals surface area contributed by atoms with E-state index in [0.717, 1.165) is 5.92 Å². The Kier molecular flexibility index (Phi) is 5.29. The van der Waals surface area contributed by atoms with Crippen molar-refractivity contribution >= 4 is 0 Å². The smallest absolute Gasteiger partial charge is 0.0578 e. The first-order valence-corrected chi connectivity index (χ1v) is 8.70. The molecule has 0 amide bonds. The molecule has 1 N–H and O–H groups in total. The van der Waals surface area contributed by atoms with E-state index in [2.05, 4.69) is 72.9 Å². The van der Waals surface area contributed by atoms with Crippen LogP contribution in [0.4, 0.5) is 0 Å². The van der Waals surface area contributed by atoms with Crippen molar-refractivity contribution in [1.29, 1.82) is 0 Å². The van der Waals surface area contributed by atoms with E-state index >= 15 is 0 Å². The average molecular weight is 293 g/mol. The summed E-state index contributed by atoms with van der Waals surface area (Å²) >= 11 is 0. The number of benzene rings is 2. The standard InChI is InChI=1S/C21H27N/c1-17(18-11-5-2-6-12-18)22-21(19-13-7-3-8-14-19)20-15-9-4-10-16-20/h3-4,7-10,13-18,21-22H,2,5-6,11-12H2,1H3. The van der Waals surface area contributed by atoms with E-state index in [-0.39, 0.29) is 0 Å². The van der Waals surface area contributed by atoms with Crippen LogP contribution in [0.3, 0.4) is 0 Å². The molecule has 2 aromatic rings. The van der Waals surface area contributed by atoms with E-state index in [1.807, 2.05) is 0 Å². The summed E-state index contributed by atoms with van der Waals surface area (Å²) in [5.74, 6) is 0.823. The summed E-state index contributed by atoms with van der Waals surface area (Å²) in [4.78, 5) is 0. The molecule has 1 saturated carbocycles. The summed E-state index contributed by atoms with van der Waals surface area (Å²) < 4.78 is 0. The fraction of sp³-hybridized carbons (Fsp3) is 0.429. The number of rotatable bonds is 5. The molecule has 2 aromatic carbocycles. The van der Waals surface area contributed by atoms with Crippen LogP contribution in [0.2, 0.25) is 0 Å². The molecule has 1 heteroatoms. The lowest BCUT2D eigenvalue weighted by atomic mass is 9.84. The van der Waals surface area contributed by atoms with Gasteiger partial charge in [0.05, 0.1) is 6.04 Å². The monoisotopic (exact) mass is 293 g/mol. The Hall–Kier alpha value is -1.60. The molecule has 22 heavy (non-hydrogen) atoms. The predicted octanol–water partition coefficient (Wildman–Crippen LogP) is 5.33. The van der Waals surface area contributed by atoms with Crippen molar-refractivity contribution in [2.75, 3.05) is 0 Å². The van der Waals surface area contributed by atoms with Crippen molar-refractivity contribution in [2.45, 2.75) is 51.1 Å². The van der Waals surface area contributed by atoms with Crippen molar-refractivity contribution in [3.05, 3.63) is 71.8 Å². The minimum absolute atomic E-state index is 0.291. The summed E-state index contributed by atoms with van der Waals surface area (Å²) in [6.07, 6.45) is 6.98. The highest BCUT2D eigenvalue weighted by molar-refractivity contribution is 5.31. The normalized spacial score (nSPS) is 17.5. The second kappa shape index (κ2) is 7.60. The zero-order valence-electron chi connectivity index (χ0n) is 13.5. The van der Waals surface area contributed by atoms with Crippen molar-refractivity contribution in [3.8, 4) is 0 Å². The lowest BCUT2D eigenvalue weighted by Gasteiger charge is -2.32. The zero-order valence-corrected chi connectivity index (χ0v) is 13.5. The lowest BCUT2D eigenvalue weighted by molar-refractivity contribution is 0.272. The van der Waals surface area contributed by atoms with Gasteiger partial charge in [-0.25, -0.2) is 0 Å². The van der Waals surface area contributed by atoms with E-state index < -0.39 is 0 Å². The van der Waals surface area contributed by atoms with Gasteiger partial charge in [-0.3, -0.25) is 0 Å². The molecule has 3 rings (SSSR count). The van der Waals surface area contributed by atoms with Gasteiger partial charge in [0.25, 0.3) is 0 Å². The van der Waals surface area contributed by atoms with E-state index in [4.69, 9.17) is 0 Å². The van der Waals surface area contributed by atoms with Gasteiger partial charge in [-0.1, -0.05) is 79.9 Å². The van der Waals surface area contributed by atoms with Crippen LogP contribution in [0, 0.1) is 5.92 Å². The highest BCUT2D eigenvalue weighted by atomic mass is 15.0. The summed E-state index contributed by atoms with van der Waals surface area (Å²) in [6.45, 7) is 2.37. The SMILES string of the molecule is CC(NC(c1ccccc1)c1ccccc1)C1CCCCC1. The van der Waals surface area contributed by atoms with Crippen LogP contribution >= 0.6 is 0 Å². The lowest BCUT2D eigenvalue weighted by Crippen LogP contribution is -2.37.